The van der Waals surface area contributed by atoms with Crippen LogP contribution in [0.1, 0.15) is 22.8 Å². The maximum Gasteiger partial charge on any atom is 0.279 e. The van der Waals surface area contributed by atoms with Gasteiger partial charge in [-0.05, 0) is 43.3 Å². The lowest BCUT2D eigenvalue weighted by atomic mass is 10.2. The summed E-state index contributed by atoms with van der Waals surface area (Å²) in [7, 11) is 4.03. The summed E-state index contributed by atoms with van der Waals surface area (Å²) >= 11 is 0. The van der Waals surface area contributed by atoms with Crippen LogP contribution in [0.3, 0.4) is 0 Å². The molecule has 6 nitrogen and oxygen atoms in total. The molecule has 0 fully saturated rings. The number of nitrogens with two attached hydrogens (primary N) is 1. The van der Waals surface area contributed by atoms with Gasteiger partial charge >= 0.3 is 0 Å². The molecule has 26 heavy (non-hydrogen) atoms. The number of carbonyl (C=O) groups is 2. The first-order valence-corrected chi connectivity index (χ1v) is 8.68. The van der Waals surface area contributed by atoms with Crippen molar-refractivity contribution in [3.05, 3.63) is 59.7 Å². The second-order valence-corrected chi connectivity index (χ2v) is 6.51. The molecule has 2 aromatic rings. The average molecular weight is 355 g/mol. The molecule has 6 heteroatoms. The van der Waals surface area contributed by atoms with Crippen molar-refractivity contribution in [3.8, 4) is 0 Å². The molecule has 138 valence electrons. The van der Waals surface area contributed by atoms with E-state index in [9.17, 15) is 9.59 Å². The fraction of sp³-hybridized carbons (Fsp3) is 0.300. The first-order chi connectivity index (χ1) is 12.4. The predicted molar refractivity (Wildman–Crippen MR) is 104 cm³/mol. The molecule has 1 unspecified atom stereocenters. The van der Waals surface area contributed by atoms with Gasteiger partial charge in [0.15, 0.2) is 6.54 Å². The molecule has 0 aliphatic carbocycles. The van der Waals surface area contributed by atoms with Gasteiger partial charge in [-0.15, -0.1) is 0 Å². The van der Waals surface area contributed by atoms with E-state index in [0.29, 0.717) is 17.8 Å². The smallest absolute Gasteiger partial charge is 0.279 e. The molecule has 0 bridgehead atoms. The van der Waals surface area contributed by atoms with Crippen molar-refractivity contribution < 1.29 is 14.5 Å². The molecular weight excluding hydrogens is 328 g/mol. The normalized spacial score (nSPS) is 11.7. The van der Waals surface area contributed by atoms with Crippen LogP contribution in [0.2, 0.25) is 0 Å². The minimum Gasteiger partial charge on any atom is -0.378 e. The molecule has 0 aliphatic rings. The van der Waals surface area contributed by atoms with E-state index in [2.05, 4.69) is 41.4 Å². The summed E-state index contributed by atoms with van der Waals surface area (Å²) in [6, 6.07) is 15.0. The molecule has 0 saturated heterocycles. The Balaban J connectivity index is 1.91. The highest BCUT2D eigenvalue weighted by molar-refractivity contribution is 5.95. The highest BCUT2D eigenvalue weighted by atomic mass is 16.2. The van der Waals surface area contributed by atoms with Gasteiger partial charge < -0.3 is 20.9 Å². The van der Waals surface area contributed by atoms with Crippen molar-refractivity contribution >= 4 is 23.2 Å². The summed E-state index contributed by atoms with van der Waals surface area (Å²) in [5, 5.41) is 2.86. The lowest BCUT2D eigenvalue weighted by molar-refractivity contribution is -0.903. The molecule has 1 atom stereocenters. The molecule has 0 spiro atoms. The highest BCUT2D eigenvalue weighted by Gasteiger charge is 2.14. The number of rotatable bonds is 8. The minimum atomic E-state index is -0.482. The number of quaternary nitrogens is 1. The van der Waals surface area contributed by atoms with Crippen molar-refractivity contribution in [2.45, 2.75) is 13.5 Å². The Labute approximate surface area is 154 Å². The molecule has 0 heterocycles. The molecule has 2 amide bonds. The van der Waals surface area contributed by atoms with Crippen molar-refractivity contribution in [1.29, 1.82) is 0 Å². The van der Waals surface area contributed by atoms with E-state index in [1.54, 1.807) is 24.3 Å². The van der Waals surface area contributed by atoms with Crippen molar-refractivity contribution in [3.63, 3.8) is 0 Å². The Morgan fingerprint density at radius 3 is 2.15 bits per heavy atom. The molecule has 0 radical (unpaired) electrons. The lowest BCUT2D eigenvalue weighted by Crippen LogP contribution is -3.11. The average Bonchev–Trinajstić information content (AvgIpc) is 2.62. The van der Waals surface area contributed by atoms with Gasteiger partial charge in [-0.2, -0.15) is 0 Å². The number of benzene rings is 2. The summed E-state index contributed by atoms with van der Waals surface area (Å²) in [6.45, 7) is 4.09. The van der Waals surface area contributed by atoms with Gasteiger partial charge in [0.05, 0.1) is 6.54 Å². The standard InChI is InChI=1S/C20H26N4O2/c1-4-24(13-15-5-11-18(12-6-15)23(2)3)14-19(25)22-17-9-7-16(8-10-17)20(21)26/h5-12H,4,13-14H2,1-3H3,(H2,21,26)(H,22,25)/p+1. The van der Waals surface area contributed by atoms with Crippen molar-refractivity contribution in [2.24, 2.45) is 5.73 Å². The second-order valence-electron chi connectivity index (χ2n) is 6.51. The fourth-order valence-electron chi connectivity index (χ4n) is 2.66. The summed E-state index contributed by atoms with van der Waals surface area (Å²) in [4.78, 5) is 26.6. The topological polar surface area (TPSA) is 79.9 Å². The Hall–Kier alpha value is -2.86. The van der Waals surface area contributed by atoms with Crippen LogP contribution in [0.15, 0.2) is 48.5 Å². The number of nitrogens with zero attached hydrogens (tertiary/aromatic N) is 1. The number of likely N-dealkylation sites (N-methyl/N-ethyl adjacent to an activating group) is 1. The molecular formula is C20H27N4O2+. The first kappa shape index (κ1) is 19.5. The summed E-state index contributed by atoms with van der Waals surface area (Å²) in [6.07, 6.45) is 0. The largest absolute Gasteiger partial charge is 0.378 e. The number of carbonyl (C=O) groups excluding carboxylic acids is 2. The zero-order chi connectivity index (χ0) is 19.1. The minimum absolute atomic E-state index is 0.0569. The van der Waals surface area contributed by atoms with E-state index in [1.807, 2.05) is 14.1 Å². The Morgan fingerprint density at radius 1 is 1.04 bits per heavy atom. The van der Waals surface area contributed by atoms with Gasteiger partial charge in [0.25, 0.3) is 5.91 Å². The second kappa shape index (κ2) is 9.01. The third-order valence-corrected chi connectivity index (χ3v) is 4.27. The Bertz CT molecular complexity index is 739. The van der Waals surface area contributed by atoms with E-state index in [0.717, 1.165) is 18.8 Å². The molecule has 2 rings (SSSR count). The maximum absolute atomic E-state index is 12.3. The van der Waals surface area contributed by atoms with E-state index in [-0.39, 0.29) is 5.91 Å². The SMILES string of the molecule is CC[NH+](CC(=O)Nc1ccc(C(N)=O)cc1)Cc1ccc(N(C)C)cc1. The maximum atomic E-state index is 12.3. The quantitative estimate of drug-likeness (QED) is 0.658. The molecule has 2 aromatic carbocycles. The van der Waals surface area contributed by atoms with Crippen LogP contribution in [0, 0.1) is 0 Å². The number of nitrogens with one attached hydrogen (secondary N) is 2. The van der Waals surface area contributed by atoms with Gasteiger partial charge in [-0.3, -0.25) is 9.59 Å². The third-order valence-electron chi connectivity index (χ3n) is 4.27. The molecule has 0 aliphatic heterocycles. The van der Waals surface area contributed by atoms with Crippen LogP contribution < -0.4 is 20.9 Å². The van der Waals surface area contributed by atoms with Gasteiger partial charge in [0.1, 0.15) is 6.54 Å². The number of amides is 2. The highest BCUT2D eigenvalue weighted by Crippen LogP contribution is 2.11. The van der Waals surface area contributed by atoms with Crippen LogP contribution in [-0.2, 0) is 11.3 Å². The zero-order valence-electron chi connectivity index (χ0n) is 15.6. The first-order valence-electron chi connectivity index (χ1n) is 8.68. The van der Waals surface area contributed by atoms with Crippen molar-refractivity contribution in [2.75, 3.05) is 37.4 Å². The van der Waals surface area contributed by atoms with E-state index in [1.165, 1.54) is 10.5 Å². The molecule has 0 aromatic heterocycles. The predicted octanol–water partition coefficient (Wildman–Crippen LogP) is 0.895. The molecule has 0 saturated carbocycles. The van der Waals surface area contributed by atoms with Gasteiger partial charge in [0.2, 0.25) is 5.91 Å². The Morgan fingerprint density at radius 2 is 1.65 bits per heavy atom. The zero-order valence-corrected chi connectivity index (χ0v) is 15.6. The number of primary amides is 1. The number of hydrogen-bond acceptors (Lipinski definition) is 3. The number of hydrogen-bond donors (Lipinski definition) is 3. The van der Waals surface area contributed by atoms with Crippen LogP contribution in [-0.4, -0.2) is 39.0 Å². The van der Waals surface area contributed by atoms with E-state index < -0.39 is 5.91 Å². The van der Waals surface area contributed by atoms with Gasteiger partial charge in [-0.25, -0.2) is 0 Å². The van der Waals surface area contributed by atoms with Gasteiger partial charge in [0, 0.05) is 36.6 Å². The fourth-order valence-corrected chi connectivity index (χ4v) is 2.66. The van der Waals surface area contributed by atoms with Crippen LogP contribution >= 0.6 is 0 Å². The summed E-state index contributed by atoms with van der Waals surface area (Å²) in [5.74, 6) is -0.539. The summed E-state index contributed by atoms with van der Waals surface area (Å²) in [5.41, 5.74) is 8.65. The third kappa shape index (κ3) is 5.60. The van der Waals surface area contributed by atoms with Crippen LogP contribution in [0.25, 0.3) is 0 Å². The Kier molecular flexibility index (Phi) is 6.74. The van der Waals surface area contributed by atoms with E-state index in [4.69, 9.17) is 5.73 Å². The monoisotopic (exact) mass is 355 g/mol. The molecule has 4 N–H and O–H groups in total. The van der Waals surface area contributed by atoms with Crippen molar-refractivity contribution in [1.82, 2.24) is 0 Å². The van der Waals surface area contributed by atoms with Crippen LogP contribution in [0.5, 0.6) is 0 Å². The summed E-state index contributed by atoms with van der Waals surface area (Å²) < 4.78 is 0. The van der Waals surface area contributed by atoms with Crippen LogP contribution in [0.4, 0.5) is 11.4 Å². The van der Waals surface area contributed by atoms with E-state index >= 15 is 0 Å². The lowest BCUT2D eigenvalue weighted by Gasteiger charge is -2.18. The number of anilines is 2. The van der Waals surface area contributed by atoms with Gasteiger partial charge in [-0.1, -0.05) is 12.1 Å².